The summed E-state index contributed by atoms with van der Waals surface area (Å²) in [6.07, 6.45) is 0.629. The van der Waals surface area contributed by atoms with Gasteiger partial charge in [0.15, 0.2) is 5.82 Å². The maximum atomic E-state index is 5.19. The number of aromatic nitrogens is 2. The van der Waals surface area contributed by atoms with Crippen LogP contribution in [-0.2, 0) is 11.2 Å². The molecule has 2 aromatic rings. The summed E-state index contributed by atoms with van der Waals surface area (Å²) in [6, 6.07) is 7.50. The van der Waals surface area contributed by atoms with Crippen LogP contribution in [0.5, 0.6) is 0 Å². The molecule has 0 N–H and O–H groups in total. The van der Waals surface area contributed by atoms with Crippen LogP contribution in [0.25, 0.3) is 11.5 Å². The summed E-state index contributed by atoms with van der Waals surface area (Å²) < 4.78 is 10.1. The van der Waals surface area contributed by atoms with Crippen molar-refractivity contribution in [3.63, 3.8) is 0 Å². The zero-order valence-corrected chi connectivity index (χ0v) is 9.59. The molecule has 0 aliphatic rings. The van der Waals surface area contributed by atoms with Crippen LogP contribution in [0.4, 0.5) is 5.69 Å². The molecule has 17 heavy (non-hydrogen) atoms. The molecule has 0 aliphatic carbocycles. The minimum Gasteiger partial charge on any atom is -0.384 e. The molecule has 0 unspecified atom stereocenters. The summed E-state index contributed by atoms with van der Waals surface area (Å²) in [6.45, 7) is 4.08. The lowest BCUT2D eigenvalue weighted by Gasteiger charge is -1.98. The number of ether oxygens (including phenoxy) is 1. The summed E-state index contributed by atoms with van der Waals surface area (Å²) in [7, 11) is 1.64. The lowest BCUT2D eigenvalue weighted by atomic mass is 10.2. The quantitative estimate of drug-likeness (QED) is 0.740. The average molecular weight is 231 g/mol. The van der Waals surface area contributed by atoms with E-state index < -0.39 is 0 Å². The molecule has 0 bridgehead atoms. The fourth-order valence-corrected chi connectivity index (χ4v) is 1.45. The zero-order valence-electron chi connectivity index (χ0n) is 9.59. The number of hydrogen-bond donors (Lipinski definition) is 0. The van der Waals surface area contributed by atoms with E-state index in [1.54, 1.807) is 7.11 Å². The molecule has 0 spiro atoms. The van der Waals surface area contributed by atoms with Crippen molar-refractivity contribution in [2.24, 2.45) is 4.99 Å². The minimum atomic E-state index is 0.458. The molecule has 0 radical (unpaired) electrons. The molecule has 0 amide bonds. The molecule has 0 fully saturated rings. The number of rotatable bonds is 5. The van der Waals surface area contributed by atoms with Crippen molar-refractivity contribution in [2.45, 2.75) is 6.42 Å². The summed E-state index contributed by atoms with van der Waals surface area (Å²) in [4.78, 5) is 8.20. The van der Waals surface area contributed by atoms with Crippen molar-refractivity contribution in [1.29, 1.82) is 0 Å². The van der Waals surface area contributed by atoms with Gasteiger partial charge in [0.25, 0.3) is 5.89 Å². The fraction of sp³-hybridized carbons (Fsp3) is 0.250. The molecular weight excluding hydrogens is 218 g/mol. The van der Waals surface area contributed by atoms with Crippen molar-refractivity contribution in [2.75, 3.05) is 13.7 Å². The molecule has 2 rings (SSSR count). The lowest BCUT2D eigenvalue weighted by molar-refractivity contribution is 0.199. The third-order valence-corrected chi connectivity index (χ3v) is 2.30. The predicted octanol–water partition coefficient (Wildman–Crippen LogP) is 2.26. The van der Waals surface area contributed by atoms with Crippen LogP contribution in [0.1, 0.15) is 5.82 Å². The van der Waals surface area contributed by atoms with Crippen molar-refractivity contribution in [1.82, 2.24) is 10.1 Å². The van der Waals surface area contributed by atoms with E-state index in [2.05, 4.69) is 21.9 Å². The Kier molecular flexibility index (Phi) is 3.62. The highest BCUT2D eigenvalue weighted by atomic mass is 16.5. The van der Waals surface area contributed by atoms with E-state index in [0.29, 0.717) is 24.7 Å². The molecule has 5 nitrogen and oxygen atoms in total. The number of hydrogen-bond acceptors (Lipinski definition) is 5. The van der Waals surface area contributed by atoms with Gasteiger partial charge in [0.1, 0.15) is 0 Å². The van der Waals surface area contributed by atoms with Gasteiger partial charge in [0.2, 0.25) is 0 Å². The smallest absolute Gasteiger partial charge is 0.260 e. The number of para-hydroxylation sites is 1. The highest BCUT2D eigenvalue weighted by Crippen LogP contribution is 2.28. The van der Waals surface area contributed by atoms with E-state index in [4.69, 9.17) is 9.26 Å². The molecule has 88 valence electrons. The van der Waals surface area contributed by atoms with Gasteiger partial charge in [-0.05, 0) is 18.9 Å². The first kappa shape index (κ1) is 11.5. The zero-order chi connectivity index (χ0) is 12.1. The van der Waals surface area contributed by atoms with E-state index in [0.717, 1.165) is 11.3 Å². The van der Waals surface area contributed by atoms with Crippen molar-refractivity contribution in [3.05, 3.63) is 30.1 Å². The van der Waals surface area contributed by atoms with Crippen molar-refractivity contribution >= 4 is 12.4 Å². The summed E-state index contributed by atoms with van der Waals surface area (Å²) in [5.41, 5.74) is 1.52. The van der Waals surface area contributed by atoms with Crippen molar-refractivity contribution < 1.29 is 9.26 Å². The molecule has 0 saturated carbocycles. The molecule has 1 aromatic heterocycles. The third kappa shape index (κ3) is 2.57. The Morgan fingerprint density at radius 1 is 1.41 bits per heavy atom. The van der Waals surface area contributed by atoms with Gasteiger partial charge in [-0.1, -0.05) is 17.3 Å². The standard InChI is InChI=1S/C12H13N3O2/c1-13-10-6-4-3-5-9(10)12-14-11(15-17-12)7-8-16-2/h3-6H,1,7-8H2,2H3. The lowest BCUT2D eigenvalue weighted by Crippen LogP contribution is -1.96. The van der Waals surface area contributed by atoms with Gasteiger partial charge < -0.3 is 9.26 Å². The molecule has 5 heteroatoms. The first-order valence-corrected chi connectivity index (χ1v) is 5.23. The largest absolute Gasteiger partial charge is 0.384 e. The van der Waals surface area contributed by atoms with Crippen LogP contribution in [0.3, 0.4) is 0 Å². The molecule has 1 heterocycles. The van der Waals surface area contributed by atoms with Gasteiger partial charge in [0, 0.05) is 13.5 Å². The Morgan fingerprint density at radius 2 is 2.24 bits per heavy atom. The van der Waals surface area contributed by atoms with Gasteiger partial charge in [-0.3, -0.25) is 4.99 Å². The van der Waals surface area contributed by atoms with Gasteiger partial charge >= 0.3 is 0 Å². The maximum Gasteiger partial charge on any atom is 0.260 e. The van der Waals surface area contributed by atoms with Crippen LogP contribution in [0.2, 0.25) is 0 Å². The Hall–Kier alpha value is -2.01. The highest BCUT2D eigenvalue weighted by Gasteiger charge is 2.11. The fourth-order valence-electron chi connectivity index (χ4n) is 1.45. The minimum absolute atomic E-state index is 0.458. The normalized spacial score (nSPS) is 10.4. The van der Waals surface area contributed by atoms with Crippen LogP contribution < -0.4 is 0 Å². The van der Waals surface area contributed by atoms with Gasteiger partial charge in [-0.2, -0.15) is 4.98 Å². The van der Waals surface area contributed by atoms with Crippen LogP contribution in [-0.4, -0.2) is 30.6 Å². The molecule has 0 saturated heterocycles. The summed E-state index contributed by atoms with van der Waals surface area (Å²) in [5, 5.41) is 3.88. The summed E-state index contributed by atoms with van der Waals surface area (Å²) >= 11 is 0. The monoisotopic (exact) mass is 231 g/mol. The highest BCUT2D eigenvalue weighted by molar-refractivity contribution is 5.71. The number of methoxy groups -OCH3 is 1. The second kappa shape index (κ2) is 5.36. The van der Waals surface area contributed by atoms with Crippen LogP contribution >= 0.6 is 0 Å². The van der Waals surface area contributed by atoms with E-state index in [-0.39, 0.29) is 0 Å². The first-order valence-electron chi connectivity index (χ1n) is 5.23. The van der Waals surface area contributed by atoms with Gasteiger partial charge in [-0.15, -0.1) is 0 Å². The second-order valence-electron chi connectivity index (χ2n) is 3.43. The Morgan fingerprint density at radius 3 is 3.00 bits per heavy atom. The van der Waals surface area contributed by atoms with E-state index in [1.807, 2.05) is 24.3 Å². The molecule has 0 atom stereocenters. The Bertz CT molecular complexity index is 508. The Labute approximate surface area is 99.1 Å². The van der Waals surface area contributed by atoms with Gasteiger partial charge in [0.05, 0.1) is 17.9 Å². The predicted molar refractivity (Wildman–Crippen MR) is 64.5 cm³/mol. The summed E-state index contributed by atoms with van der Waals surface area (Å²) in [5.74, 6) is 1.08. The maximum absolute atomic E-state index is 5.19. The van der Waals surface area contributed by atoms with E-state index in [9.17, 15) is 0 Å². The molecular formula is C12H13N3O2. The van der Waals surface area contributed by atoms with Crippen LogP contribution in [0, 0.1) is 0 Å². The molecule has 1 aromatic carbocycles. The Balaban J connectivity index is 2.27. The number of aliphatic imine (C=N–C) groups is 1. The second-order valence-corrected chi connectivity index (χ2v) is 3.43. The number of nitrogens with zero attached hydrogens (tertiary/aromatic N) is 3. The van der Waals surface area contributed by atoms with E-state index >= 15 is 0 Å². The van der Waals surface area contributed by atoms with E-state index in [1.165, 1.54) is 0 Å². The number of benzene rings is 1. The van der Waals surface area contributed by atoms with Gasteiger partial charge in [-0.25, -0.2) is 0 Å². The average Bonchev–Trinajstić information content (AvgIpc) is 2.85. The molecule has 0 aliphatic heterocycles. The SMILES string of the molecule is C=Nc1ccccc1-c1nc(CCOC)no1. The first-order chi connectivity index (χ1) is 8.35. The topological polar surface area (TPSA) is 60.5 Å². The third-order valence-electron chi connectivity index (χ3n) is 2.30. The van der Waals surface area contributed by atoms with Crippen molar-refractivity contribution in [3.8, 4) is 11.5 Å². The van der Waals surface area contributed by atoms with Crippen LogP contribution in [0.15, 0.2) is 33.8 Å².